The molecule has 0 radical (unpaired) electrons. The number of alkyl halides is 1. The Bertz CT molecular complexity index is 3160. The average molecular weight is 1090 g/mol. The second-order valence-electron chi connectivity index (χ2n) is 19.6. The highest BCUT2D eigenvalue weighted by Crippen LogP contribution is 2.40. The topological polar surface area (TPSA) is 141 Å². The van der Waals surface area contributed by atoms with Gasteiger partial charge in [0.15, 0.2) is 0 Å². The molecule has 17 heteroatoms. The highest BCUT2D eigenvalue weighted by molar-refractivity contribution is 9.08. The number of nitrogens with zero attached hydrogens (tertiary/aromatic N) is 7. The Morgan fingerprint density at radius 1 is 0.811 bits per heavy atom. The number of aromatic nitrogens is 3. The number of amides is 1. The van der Waals surface area contributed by atoms with Crippen LogP contribution in [0.2, 0.25) is 0 Å². The predicted octanol–water partition coefficient (Wildman–Crippen LogP) is 10.6. The molecule has 0 aliphatic carbocycles. The molecule has 1 aliphatic heterocycles. The predicted molar refractivity (Wildman–Crippen MR) is 295 cm³/mol. The Balaban J connectivity index is 1.13. The van der Waals surface area contributed by atoms with E-state index in [0.29, 0.717) is 94.2 Å². The van der Waals surface area contributed by atoms with E-state index in [2.05, 4.69) is 55.7 Å². The molecule has 0 spiro atoms. The molecule has 1 fully saturated rings. The van der Waals surface area contributed by atoms with Crippen molar-refractivity contribution in [3.8, 4) is 22.6 Å². The van der Waals surface area contributed by atoms with E-state index in [4.69, 9.17) is 24.0 Å². The van der Waals surface area contributed by atoms with Crippen LogP contribution in [0.1, 0.15) is 73.5 Å². The molecule has 1 amide bonds. The molecule has 0 atom stereocenters. The van der Waals surface area contributed by atoms with Gasteiger partial charge in [0, 0.05) is 99.9 Å². The van der Waals surface area contributed by atoms with Crippen molar-refractivity contribution in [1.29, 1.82) is 0 Å². The summed E-state index contributed by atoms with van der Waals surface area (Å²) in [5.41, 5.74) is 6.85. The SMILES string of the molecule is CCOC(=O)c1c(CCCOc2cccc3ccccc23)c2cccc(-c3c(COc4ccc(N5CCN(S(=O)(=O)N(C)C)CC5)cc4)nn(C)c3CBr)c2n1CCCN(Cc1ccccc1)C(=O)OC(C)(C)C. The zero-order valence-electron chi connectivity index (χ0n) is 43.6. The van der Waals surface area contributed by atoms with Crippen molar-refractivity contribution < 1.29 is 37.0 Å². The number of benzene rings is 5. The molecule has 0 saturated carbocycles. The van der Waals surface area contributed by atoms with Crippen LogP contribution >= 0.6 is 15.9 Å². The summed E-state index contributed by atoms with van der Waals surface area (Å²) in [5, 5.41) is 8.59. The Morgan fingerprint density at radius 2 is 1.50 bits per heavy atom. The first-order valence-corrected chi connectivity index (χ1v) is 27.8. The minimum absolute atomic E-state index is 0.154. The summed E-state index contributed by atoms with van der Waals surface area (Å²) in [5.74, 6) is 1.04. The van der Waals surface area contributed by atoms with Gasteiger partial charge < -0.3 is 33.3 Å². The van der Waals surface area contributed by atoms with E-state index in [1.54, 1.807) is 19.0 Å². The highest BCUT2D eigenvalue weighted by Gasteiger charge is 2.31. The molecule has 8 rings (SSSR count). The molecule has 1 aliphatic rings. The molecular formula is C57H68BrN7O8S. The molecule has 74 heavy (non-hydrogen) atoms. The largest absolute Gasteiger partial charge is 0.493 e. The average Bonchev–Trinajstić information content (AvgIpc) is 3.90. The van der Waals surface area contributed by atoms with Crippen LogP contribution in [0.5, 0.6) is 11.5 Å². The number of hydrogen-bond donors (Lipinski definition) is 0. The minimum Gasteiger partial charge on any atom is -0.493 e. The summed E-state index contributed by atoms with van der Waals surface area (Å²) in [7, 11) is 1.55. The summed E-state index contributed by atoms with van der Waals surface area (Å²) >= 11 is 3.79. The quantitative estimate of drug-likeness (QED) is 0.0388. The van der Waals surface area contributed by atoms with E-state index in [1.807, 2.05) is 124 Å². The van der Waals surface area contributed by atoms with E-state index in [-0.39, 0.29) is 13.2 Å². The lowest BCUT2D eigenvalue weighted by molar-refractivity contribution is 0.0228. The van der Waals surface area contributed by atoms with Gasteiger partial charge in [-0.15, -0.1) is 0 Å². The summed E-state index contributed by atoms with van der Waals surface area (Å²) in [4.78, 5) is 32.3. The first-order valence-electron chi connectivity index (χ1n) is 25.3. The van der Waals surface area contributed by atoms with Gasteiger partial charge in [-0.05, 0) is 93.8 Å². The molecule has 0 N–H and O–H groups in total. The Labute approximate surface area is 443 Å². The maximum absolute atomic E-state index is 14.5. The molecular weight excluding hydrogens is 1020 g/mol. The smallest absolute Gasteiger partial charge is 0.410 e. The van der Waals surface area contributed by atoms with Crippen LogP contribution in [0.3, 0.4) is 0 Å². The number of ether oxygens (including phenoxy) is 4. The molecule has 7 aromatic rings. The van der Waals surface area contributed by atoms with Crippen LogP contribution < -0.4 is 14.4 Å². The number of para-hydroxylation sites is 1. The number of rotatable bonds is 21. The zero-order valence-corrected chi connectivity index (χ0v) is 46.0. The molecule has 2 aromatic heterocycles. The van der Waals surface area contributed by atoms with E-state index in [0.717, 1.165) is 61.1 Å². The van der Waals surface area contributed by atoms with Crippen LogP contribution in [-0.4, -0.2) is 114 Å². The van der Waals surface area contributed by atoms with E-state index < -0.39 is 27.9 Å². The highest BCUT2D eigenvalue weighted by atomic mass is 79.9. The van der Waals surface area contributed by atoms with Gasteiger partial charge in [-0.3, -0.25) is 4.68 Å². The number of piperazine rings is 1. The molecule has 3 heterocycles. The lowest BCUT2D eigenvalue weighted by Crippen LogP contribution is -2.51. The number of anilines is 1. The third-order valence-electron chi connectivity index (χ3n) is 13.1. The second-order valence-corrected chi connectivity index (χ2v) is 22.3. The first kappa shape index (κ1) is 53.9. The zero-order chi connectivity index (χ0) is 52.6. The van der Waals surface area contributed by atoms with Crippen LogP contribution in [-0.2, 0) is 58.2 Å². The van der Waals surface area contributed by atoms with Gasteiger partial charge in [-0.1, -0.05) is 101 Å². The fraction of sp³-hybridized carbons (Fsp3) is 0.386. The Kier molecular flexibility index (Phi) is 17.4. The summed E-state index contributed by atoms with van der Waals surface area (Å²) in [6, 6.07) is 38.1. The first-order chi connectivity index (χ1) is 35.6. The second kappa shape index (κ2) is 23.9. The molecule has 0 unspecified atom stereocenters. The number of esters is 1. The lowest BCUT2D eigenvalue weighted by atomic mass is 9.98. The van der Waals surface area contributed by atoms with Crippen molar-refractivity contribution in [1.82, 2.24) is 27.9 Å². The van der Waals surface area contributed by atoms with Crippen molar-refractivity contribution in [2.45, 2.75) is 77.6 Å². The van der Waals surface area contributed by atoms with Crippen LogP contribution in [0.15, 0.2) is 115 Å². The van der Waals surface area contributed by atoms with Gasteiger partial charge in [0.25, 0.3) is 10.2 Å². The standard InChI is InChI=1S/C57H68BrN7O8S/c1-8-70-55(66)54-47(25-16-37-71-51-26-14-21-42-20-12-13-22-45(42)51)46-23-15-24-48(53(46)65(54)32-17-31-63(56(67)73-57(2,3)4)39-41-18-10-9-11-19-41)52-49(59-61(7)50(52)38-58)40-72-44-29-27-43(28-30-44)62-33-35-64(36-34-62)74(68,69)60(5)6/h9-15,18-24,26-30H,8,16-17,25,31-40H2,1-7H3. The van der Waals surface area contributed by atoms with Gasteiger partial charge in [-0.25, -0.2) is 9.59 Å². The fourth-order valence-corrected chi connectivity index (χ4v) is 11.4. The molecule has 0 bridgehead atoms. The van der Waals surface area contributed by atoms with Gasteiger partial charge in [0.2, 0.25) is 0 Å². The lowest BCUT2D eigenvalue weighted by Gasteiger charge is -2.36. The van der Waals surface area contributed by atoms with Crippen molar-refractivity contribution >= 4 is 65.6 Å². The third kappa shape index (κ3) is 12.4. The Hall–Kier alpha value is -6.40. The number of carbonyl (C=O) groups excluding carboxylic acids is 2. The van der Waals surface area contributed by atoms with E-state index >= 15 is 0 Å². The summed E-state index contributed by atoms with van der Waals surface area (Å²) in [6.45, 7) is 11.2. The maximum Gasteiger partial charge on any atom is 0.410 e. The van der Waals surface area contributed by atoms with Crippen LogP contribution in [0, 0.1) is 0 Å². The van der Waals surface area contributed by atoms with Crippen molar-refractivity contribution in [2.24, 2.45) is 7.05 Å². The van der Waals surface area contributed by atoms with Crippen molar-refractivity contribution in [3.05, 3.63) is 143 Å². The van der Waals surface area contributed by atoms with Gasteiger partial charge in [0.1, 0.15) is 35.1 Å². The van der Waals surface area contributed by atoms with Gasteiger partial charge >= 0.3 is 12.1 Å². The van der Waals surface area contributed by atoms with E-state index in [9.17, 15) is 18.0 Å². The minimum atomic E-state index is -3.47. The molecule has 1 saturated heterocycles. The molecule has 5 aromatic carbocycles. The Morgan fingerprint density at radius 3 is 2.20 bits per heavy atom. The number of hydrogen-bond acceptors (Lipinski definition) is 10. The maximum atomic E-state index is 14.5. The van der Waals surface area contributed by atoms with Crippen LogP contribution in [0.25, 0.3) is 32.8 Å². The number of aryl methyl sites for hydroxylation is 3. The summed E-state index contributed by atoms with van der Waals surface area (Å²) < 4.78 is 57.0. The van der Waals surface area contributed by atoms with Crippen LogP contribution in [0.4, 0.5) is 10.5 Å². The third-order valence-corrected chi connectivity index (χ3v) is 15.6. The number of fused-ring (bicyclic) bond motifs is 2. The number of halogens is 1. The molecule has 15 nitrogen and oxygen atoms in total. The number of carbonyl (C=O) groups is 2. The normalized spacial score (nSPS) is 13.4. The summed E-state index contributed by atoms with van der Waals surface area (Å²) in [6.07, 6.45) is 1.23. The van der Waals surface area contributed by atoms with Crippen molar-refractivity contribution in [2.75, 3.05) is 64.9 Å². The fourth-order valence-electron chi connectivity index (χ4n) is 9.63. The van der Waals surface area contributed by atoms with Gasteiger partial charge in [0.05, 0.1) is 24.4 Å². The monoisotopic (exact) mass is 1090 g/mol. The molecule has 392 valence electrons. The van der Waals surface area contributed by atoms with Gasteiger partial charge in [-0.2, -0.15) is 22.1 Å². The van der Waals surface area contributed by atoms with Crippen molar-refractivity contribution in [3.63, 3.8) is 0 Å². The van der Waals surface area contributed by atoms with E-state index in [1.165, 1.54) is 8.61 Å².